The first-order valence-electron chi connectivity index (χ1n) is 16.6. The first-order valence-corrected chi connectivity index (χ1v) is 17.5. The van der Waals surface area contributed by atoms with Crippen LogP contribution < -0.4 is 0 Å². The summed E-state index contributed by atoms with van der Waals surface area (Å²) in [6.07, 6.45) is 19.9. The van der Waals surface area contributed by atoms with Crippen molar-refractivity contribution in [2.75, 3.05) is 0 Å². The van der Waals surface area contributed by atoms with Crippen LogP contribution in [0.1, 0.15) is 121 Å². The second-order valence-corrected chi connectivity index (χ2v) is 15.3. The molecule has 4 aliphatic rings. The molecule has 7 atom stereocenters. The summed E-state index contributed by atoms with van der Waals surface area (Å²) < 4.78 is 6.07. The minimum absolute atomic E-state index is 0.0822. The maximum absolute atomic E-state index is 12.2. The molecule has 0 saturated heterocycles. The van der Waals surface area contributed by atoms with Gasteiger partial charge in [0.15, 0.2) is 0 Å². The quantitative estimate of drug-likeness (QED) is 0.253. The molecule has 0 aromatic carbocycles. The molecule has 1 aromatic heterocycles. The number of nitrogens with zero attached hydrogens (tertiary/aromatic N) is 1. The number of aliphatic hydroxyl groups excluding tert-OH is 2. The molecule has 5 nitrogen and oxygen atoms in total. The van der Waals surface area contributed by atoms with Crippen molar-refractivity contribution < 1.29 is 19.7 Å². The lowest BCUT2D eigenvalue weighted by atomic mass is 9.60. The molecule has 0 unspecified atom stereocenters. The van der Waals surface area contributed by atoms with Crippen molar-refractivity contribution in [3.05, 3.63) is 51.5 Å². The molecule has 4 aliphatic carbocycles. The van der Waals surface area contributed by atoms with Gasteiger partial charge < -0.3 is 14.9 Å². The molecule has 6 heteroatoms. The highest BCUT2D eigenvalue weighted by molar-refractivity contribution is 7.11. The number of aliphatic hydroxyl groups is 2. The van der Waals surface area contributed by atoms with E-state index in [0.29, 0.717) is 30.6 Å². The number of carbonyl (C=O) groups is 1. The highest BCUT2D eigenvalue weighted by Gasteiger charge is 2.55. The fourth-order valence-corrected chi connectivity index (χ4v) is 10.00. The van der Waals surface area contributed by atoms with Gasteiger partial charge in [0.1, 0.15) is 11.1 Å². The number of thiazole rings is 1. The summed E-state index contributed by atoms with van der Waals surface area (Å²) in [7, 11) is 0. The van der Waals surface area contributed by atoms with Crippen LogP contribution >= 0.6 is 11.3 Å². The Morgan fingerprint density at radius 2 is 2.02 bits per heavy atom. The van der Waals surface area contributed by atoms with Crippen molar-refractivity contribution >= 4 is 17.3 Å². The monoisotopic (exact) mass is 595 g/mol. The van der Waals surface area contributed by atoms with Gasteiger partial charge >= 0.3 is 5.97 Å². The van der Waals surface area contributed by atoms with Crippen LogP contribution in [0.3, 0.4) is 0 Å². The van der Waals surface area contributed by atoms with Gasteiger partial charge in [0.05, 0.1) is 17.6 Å². The lowest BCUT2D eigenvalue weighted by molar-refractivity contribution is -0.148. The van der Waals surface area contributed by atoms with Gasteiger partial charge in [-0.15, -0.1) is 11.3 Å². The van der Waals surface area contributed by atoms with E-state index < -0.39 is 12.2 Å². The number of esters is 1. The van der Waals surface area contributed by atoms with Crippen molar-refractivity contribution in [2.24, 2.45) is 23.2 Å². The third kappa shape index (κ3) is 6.51. The second-order valence-electron chi connectivity index (χ2n) is 14.2. The lowest BCUT2D eigenvalue weighted by Gasteiger charge is -2.44. The second kappa shape index (κ2) is 13.1. The number of unbranched alkanes of at least 4 members (excludes halogenated alkanes) is 1. The molecule has 4 fully saturated rings. The van der Waals surface area contributed by atoms with E-state index >= 15 is 0 Å². The van der Waals surface area contributed by atoms with Crippen molar-refractivity contribution in [1.82, 2.24) is 4.98 Å². The van der Waals surface area contributed by atoms with E-state index in [0.717, 1.165) is 49.7 Å². The number of carbonyl (C=O) groups excluding carboxylic acids is 1. The van der Waals surface area contributed by atoms with E-state index in [1.54, 1.807) is 6.92 Å². The number of allylic oxidation sites excluding steroid dienone is 3. The first-order chi connectivity index (χ1) is 20.1. The van der Waals surface area contributed by atoms with Crippen LogP contribution in [0.5, 0.6) is 0 Å². The van der Waals surface area contributed by atoms with Crippen LogP contribution in [0.15, 0.2) is 41.6 Å². The van der Waals surface area contributed by atoms with Gasteiger partial charge in [-0.05, 0) is 111 Å². The largest absolute Gasteiger partial charge is 0.462 e. The summed E-state index contributed by atoms with van der Waals surface area (Å²) in [5.41, 5.74) is 3.49. The van der Waals surface area contributed by atoms with Crippen molar-refractivity contribution in [3.8, 4) is 0 Å². The van der Waals surface area contributed by atoms with Crippen LogP contribution in [0.2, 0.25) is 0 Å². The lowest BCUT2D eigenvalue weighted by Crippen LogP contribution is -2.37. The van der Waals surface area contributed by atoms with Crippen LogP contribution in [0.25, 0.3) is 0 Å². The van der Waals surface area contributed by atoms with E-state index in [9.17, 15) is 15.0 Å². The number of ether oxygens (including phenoxy) is 1. The SMILES string of the molecule is C=C1/C(=C\C=C2/CCC[C@]3(C)[C@@H]([C@H](C)CC[C@H](OC(C)=O)C4(c5ncc(CCCC)s5)CC4)CC[C@@H]23)C[C@@H](O)C[C@@H]1O. The first kappa shape index (κ1) is 31.7. The highest BCUT2D eigenvalue weighted by atomic mass is 32.1. The number of aryl methyl sites for hydroxylation is 1. The molecule has 1 heterocycles. The summed E-state index contributed by atoms with van der Waals surface area (Å²) in [6, 6.07) is 0. The molecule has 0 bridgehead atoms. The van der Waals surface area contributed by atoms with Crippen LogP contribution in [-0.4, -0.2) is 39.5 Å². The van der Waals surface area contributed by atoms with Crippen LogP contribution in [0.4, 0.5) is 0 Å². The Morgan fingerprint density at radius 1 is 1.24 bits per heavy atom. The van der Waals surface area contributed by atoms with Gasteiger partial charge in [-0.3, -0.25) is 4.79 Å². The maximum Gasteiger partial charge on any atom is 0.302 e. The van der Waals surface area contributed by atoms with E-state index in [1.165, 1.54) is 54.0 Å². The predicted octanol–water partition coefficient (Wildman–Crippen LogP) is 8.01. The van der Waals surface area contributed by atoms with Gasteiger partial charge in [0.25, 0.3) is 0 Å². The molecule has 0 aliphatic heterocycles. The van der Waals surface area contributed by atoms with Crippen LogP contribution in [0, 0.1) is 23.2 Å². The highest BCUT2D eigenvalue weighted by Crippen LogP contribution is 2.60. The maximum atomic E-state index is 12.2. The minimum Gasteiger partial charge on any atom is -0.462 e. The number of aromatic nitrogens is 1. The fraction of sp³-hybridized carbons (Fsp3) is 0.722. The average Bonchev–Trinajstić information content (AvgIpc) is 3.46. The smallest absolute Gasteiger partial charge is 0.302 e. The number of fused-ring (bicyclic) bond motifs is 1. The van der Waals surface area contributed by atoms with Gasteiger partial charge in [-0.25, -0.2) is 4.98 Å². The van der Waals surface area contributed by atoms with Crippen molar-refractivity contribution in [1.29, 1.82) is 0 Å². The number of rotatable bonds is 11. The summed E-state index contributed by atoms with van der Waals surface area (Å²) in [6.45, 7) is 12.8. The zero-order chi connectivity index (χ0) is 30.1. The number of hydrogen-bond donors (Lipinski definition) is 2. The topological polar surface area (TPSA) is 79.7 Å². The van der Waals surface area contributed by atoms with Gasteiger partial charge in [0.2, 0.25) is 0 Å². The molecular weight excluding hydrogens is 542 g/mol. The summed E-state index contributed by atoms with van der Waals surface area (Å²) in [5, 5.41) is 21.6. The van der Waals surface area contributed by atoms with E-state index in [4.69, 9.17) is 9.72 Å². The molecule has 2 N–H and O–H groups in total. The van der Waals surface area contributed by atoms with Gasteiger partial charge in [-0.2, -0.15) is 0 Å². The van der Waals surface area contributed by atoms with E-state index in [1.807, 2.05) is 11.3 Å². The van der Waals surface area contributed by atoms with Crippen molar-refractivity contribution in [2.45, 2.75) is 141 Å². The zero-order valence-electron chi connectivity index (χ0n) is 26.4. The zero-order valence-corrected chi connectivity index (χ0v) is 27.2. The van der Waals surface area contributed by atoms with Gasteiger partial charge in [-0.1, -0.05) is 51.5 Å². The fourth-order valence-electron chi connectivity index (χ4n) is 8.76. The Balaban J connectivity index is 1.26. The molecular formula is C36H53NO4S. The Morgan fingerprint density at radius 3 is 2.74 bits per heavy atom. The standard InChI is InChI=1S/C36H53NO4S/c1-6-7-10-29-22-37-34(42-29)36(18-19-36)33(41-25(4)38)16-11-23(2)30-14-15-31-26(9-8-17-35(30,31)5)12-13-27-20-28(39)21-32(40)24(27)3/h12-13,22-23,28,30-33,39-40H,3,6-11,14-21H2,1-2,4-5H3/b26-12+,27-13-/t23-,28-,30-,31+,32+,33+,35-/m1/s1. The molecule has 5 rings (SSSR count). The molecule has 232 valence electrons. The Hall–Kier alpha value is -1.76. The summed E-state index contributed by atoms with van der Waals surface area (Å²) in [4.78, 5) is 18.4. The molecule has 0 amide bonds. The summed E-state index contributed by atoms with van der Waals surface area (Å²) in [5.74, 6) is 1.62. The van der Waals surface area contributed by atoms with E-state index in [2.05, 4.69) is 45.7 Å². The predicted molar refractivity (Wildman–Crippen MR) is 170 cm³/mol. The average molecular weight is 596 g/mol. The Labute approximate surface area is 257 Å². The van der Waals surface area contributed by atoms with Crippen LogP contribution in [-0.2, 0) is 21.4 Å². The molecule has 0 radical (unpaired) electrons. The third-order valence-electron chi connectivity index (χ3n) is 11.3. The molecule has 0 spiro atoms. The van der Waals surface area contributed by atoms with Crippen molar-refractivity contribution in [3.63, 3.8) is 0 Å². The minimum atomic E-state index is -0.643. The summed E-state index contributed by atoms with van der Waals surface area (Å²) >= 11 is 1.84. The molecule has 4 saturated carbocycles. The molecule has 42 heavy (non-hydrogen) atoms. The normalized spacial score (nSPS) is 33.9. The number of hydrogen-bond acceptors (Lipinski definition) is 6. The Bertz CT molecular complexity index is 1190. The third-order valence-corrected chi connectivity index (χ3v) is 12.6. The van der Waals surface area contributed by atoms with E-state index in [-0.39, 0.29) is 22.9 Å². The van der Waals surface area contributed by atoms with Gasteiger partial charge in [0, 0.05) is 24.4 Å². The molecule has 1 aromatic rings. The Kier molecular flexibility index (Phi) is 9.86.